The minimum atomic E-state index is -0.921. The predicted molar refractivity (Wildman–Crippen MR) is 67.3 cm³/mol. The van der Waals surface area contributed by atoms with Crippen molar-refractivity contribution in [3.05, 3.63) is 40.9 Å². The molecule has 0 saturated carbocycles. The molecule has 2 rings (SSSR count). The summed E-state index contributed by atoms with van der Waals surface area (Å²) in [6, 6.07) is 7.29. The summed E-state index contributed by atoms with van der Waals surface area (Å²) in [7, 11) is 0. The minimum Gasteiger partial charge on any atom is -0.490 e. The third kappa shape index (κ3) is 2.79. The van der Waals surface area contributed by atoms with Gasteiger partial charge in [0.2, 0.25) is 0 Å². The molecule has 1 aliphatic heterocycles. The topological polar surface area (TPSA) is 49.8 Å². The van der Waals surface area contributed by atoms with Crippen molar-refractivity contribution in [3.8, 4) is 5.75 Å². The second kappa shape index (κ2) is 5.23. The number of halogens is 1. The molecule has 1 aromatic rings. The molecule has 0 radical (unpaired) electrons. The number of benzene rings is 1. The smallest absolute Gasteiger partial charge is 0.408 e. The van der Waals surface area contributed by atoms with Crippen molar-refractivity contribution in [1.82, 2.24) is 4.90 Å². The lowest BCUT2D eigenvalue weighted by Gasteiger charge is -2.21. The SMILES string of the molecule is O=C(O)N1CC=CC1COc1ccccc1Br. The van der Waals surface area contributed by atoms with E-state index in [1.165, 1.54) is 4.90 Å². The van der Waals surface area contributed by atoms with Crippen molar-refractivity contribution in [1.29, 1.82) is 0 Å². The first-order chi connectivity index (χ1) is 8.18. The molecule has 17 heavy (non-hydrogen) atoms. The van der Waals surface area contributed by atoms with Crippen LogP contribution < -0.4 is 4.74 Å². The number of ether oxygens (including phenoxy) is 1. The van der Waals surface area contributed by atoms with Gasteiger partial charge in [0, 0.05) is 6.54 Å². The van der Waals surface area contributed by atoms with Crippen LogP contribution in [0.4, 0.5) is 4.79 Å². The summed E-state index contributed by atoms with van der Waals surface area (Å²) in [5, 5.41) is 8.96. The van der Waals surface area contributed by atoms with E-state index >= 15 is 0 Å². The lowest BCUT2D eigenvalue weighted by molar-refractivity contribution is 0.129. The van der Waals surface area contributed by atoms with Gasteiger partial charge >= 0.3 is 6.09 Å². The standard InChI is InChI=1S/C12H12BrNO3/c13-10-5-1-2-6-11(10)17-8-9-4-3-7-14(9)12(15)16/h1-6,9H,7-8H2,(H,15,16). The van der Waals surface area contributed by atoms with E-state index in [1.54, 1.807) is 0 Å². The first kappa shape index (κ1) is 12.0. The molecule has 1 amide bonds. The number of hydrogen-bond acceptors (Lipinski definition) is 2. The molecule has 5 heteroatoms. The van der Waals surface area contributed by atoms with Crippen molar-refractivity contribution in [2.24, 2.45) is 0 Å². The molecule has 1 atom stereocenters. The van der Waals surface area contributed by atoms with Gasteiger partial charge in [-0.05, 0) is 28.1 Å². The molecule has 0 aliphatic carbocycles. The number of para-hydroxylation sites is 1. The van der Waals surface area contributed by atoms with Crippen molar-refractivity contribution in [3.63, 3.8) is 0 Å². The highest BCUT2D eigenvalue weighted by molar-refractivity contribution is 9.10. The van der Waals surface area contributed by atoms with Crippen LogP contribution in [-0.4, -0.2) is 35.3 Å². The van der Waals surface area contributed by atoms with E-state index in [2.05, 4.69) is 15.9 Å². The zero-order valence-corrected chi connectivity index (χ0v) is 10.6. The number of rotatable bonds is 3. The molecule has 0 fully saturated rings. The first-order valence-corrected chi connectivity index (χ1v) is 6.01. The number of carboxylic acid groups (broad SMARTS) is 1. The Morgan fingerprint density at radius 3 is 3.00 bits per heavy atom. The summed E-state index contributed by atoms with van der Waals surface area (Å²) in [6.07, 6.45) is 2.77. The predicted octanol–water partition coefficient (Wildman–Crippen LogP) is 2.75. The van der Waals surface area contributed by atoms with Gasteiger partial charge < -0.3 is 9.84 Å². The molecule has 0 aromatic heterocycles. The third-order valence-corrected chi connectivity index (χ3v) is 3.21. The zero-order chi connectivity index (χ0) is 12.3. The summed E-state index contributed by atoms with van der Waals surface area (Å²) >= 11 is 3.38. The van der Waals surface area contributed by atoms with Gasteiger partial charge in [0.25, 0.3) is 0 Å². The van der Waals surface area contributed by atoms with Crippen LogP contribution >= 0.6 is 15.9 Å². The molecule has 90 valence electrons. The maximum absolute atomic E-state index is 10.9. The van der Waals surface area contributed by atoms with Crippen LogP contribution in [0.3, 0.4) is 0 Å². The van der Waals surface area contributed by atoms with Crippen LogP contribution in [-0.2, 0) is 0 Å². The Labute approximate surface area is 108 Å². The van der Waals surface area contributed by atoms with Gasteiger partial charge in [-0.25, -0.2) is 4.79 Å². The van der Waals surface area contributed by atoms with Gasteiger partial charge in [0.15, 0.2) is 0 Å². The molecule has 0 spiro atoms. The maximum atomic E-state index is 10.9. The van der Waals surface area contributed by atoms with E-state index in [0.29, 0.717) is 13.2 Å². The molecule has 0 bridgehead atoms. The van der Waals surface area contributed by atoms with Crippen molar-refractivity contribution in [2.75, 3.05) is 13.2 Å². The van der Waals surface area contributed by atoms with Gasteiger partial charge in [-0.15, -0.1) is 0 Å². The molecular formula is C12H12BrNO3. The summed E-state index contributed by atoms with van der Waals surface area (Å²) in [5.41, 5.74) is 0. The Morgan fingerprint density at radius 2 is 2.29 bits per heavy atom. The molecule has 1 N–H and O–H groups in total. The molecular weight excluding hydrogens is 286 g/mol. The van der Waals surface area contributed by atoms with E-state index in [9.17, 15) is 4.79 Å². The Morgan fingerprint density at radius 1 is 1.53 bits per heavy atom. The Bertz CT molecular complexity index is 447. The summed E-state index contributed by atoms with van der Waals surface area (Å²) < 4.78 is 6.46. The average Bonchev–Trinajstić information content (AvgIpc) is 2.76. The second-order valence-electron chi connectivity index (χ2n) is 3.67. The number of amides is 1. The van der Waals surface area contributed by atoms with Crippen LogP contribution in [0, 0.1) is 0 Å². The van der Waals surface area contributed by atoms with Crippen LogP contribution in [0.25, 0.3) is 0 Å². The summed E-state index contributed by atoms with van der Waals surface area (Å²) in [6.45, 7) is 0.755. The van der Waals surface area contributed by atoms with E-state index in [1.807, 2.05) is 36.4 Å². The molecule has 4 nitrogen and oxygen atoms in total. The van der Waals surface area contributed by atoms with E-state index in [-0.39, 0.29) is 6.04 Å². The van der Waals surface area contributed by atoms with Gasteiger partial charge in [-0.2, -0.15) is 0 Å². The minimum absolute atomic E-state index is 0.209. The quantitative estimate of drug-likeness (QED) is 0.873. The van der Waals surface area contributed by atoms with Gasteiger partial charge in [-0.3, -0.25) is 4.90 Å². The Balaban J connectivity index is 1.96. The lowest BCUT2D eigenvalue weighted by Crippen LogP contribution is -2.38. The fourth-order valence-electron chi connectivity index (χ4n) is 1.67. The Hall–Kier alpha value is -1.49. The molecule has 0 saturated heterocycles. The number of nitrogens with zero attached hydrogens (tertiary/aromatic N) is 1. The largest absolute Gasteiger partial charge is 0.490 e. The van der Waals surface area contributed by atoms with Crippen molar-refractivity contribution in [2.45, 2.75) is 6.04 Å². The second-order valence-corrected chi connectivity index (χ2v) is 4.53. The molecule has 1 unspecified atom stereocenters. The Kier molecular flexibility index (Phi) is 3.68. The van der Waals surface area contributed by atoms with Gasteiger partial charge in [0.1, 0.15) is 12.4 Å². The monoisotopic (exact) mass is 297 g/mol. The summed E-state index contributed by atoms with van der Waals surface area (Å²) in [4.78, 5) is 12.3. The van der Waals surface area contributed by atoms with Crippen LogP contribution in [0.5, 0.6) is 5.75 Å². The molecule has 1 aliphatic rings. The fourth-order valence-corrected chi connectivity index (χ4v) is 2.07. The van der Waals surface area contributed by atoms with Crippen molar-refractivity contribution < 1.29 is 14.6 Å². The van der Waals surface area contributed by atoms with Crippen LogP contribution in [0.15, 0.2) is 40.9 Å². The zero-order valence-electron chi connectivity index (χ0n) is 9.04. The highest BCUT2D eigenvalue weighted by Gasteiger charge is 2.24. The van der Waals surface area contributed by atoms with E-state index < -0.39 is 6.09 Å². The van der Waals surface area contributed by atoms with Gasteiger partial charge in [0.05, 0.1) is 10.5 Å². The van der Waals surface area contributed by atoms with Crippen molar-refractivity contribution >= 4 is 22.0 Å². The maximum Gasteiger partial charge on any atom is 0.408 e. The number of hydrogen-bond donors (Lipinski definition) is 1. The fraction of sp³-hybridized carbons (Fsp3) is 0.250. The van der Waals surface area contributed by atoms with Gasteiger partial charge in [-0.1, -0.05) is 24.3 Å². The van der Waals surface area contributed by atoms with Crippen LogP contribution in [0.2, 0.25) is 0 Å². The van der Waals surface area contributed by atoms with E-state index in [0.717, 1.165) is 10.2 Å². The first-order valence-electron chi connectivity index (χ1n) is 5.22. The molecule has 1 aromatic carbocycles. The highest BCUT2D eigenvalue weighted by Crippen LogP contribution is 2.24. The van der Waals surface area contributed by atoms with Crippen LogP contribution in [0.1, 0.15) is 0 Å². The lowest BCUT2D eigenvalue weighted by atomic mass is 10.3. The molecule has 1 heterocycles. The third-order valence-electron chi connectivity index (χ3n) is 2.55. The normalized spacial score (nSPS) is 18.4. The van der Waals surface area contributed by atoms with E-state index in [4.69, 9.17) is 9.84 Å². The highest BCUT2D eigenvalue weighted by atomic mass is 79.9. The summed E-state index contributed by atoms with van der Waals surface area (Å²) in [5.74, 6) is 0.720. The average molecular weight is 298 g/mol. The number of carbonyl (C=O) groups is 1.